The second kappa shape index (κ2) is 5.26. The quantitative estimate of drug-likeness (QED) is 0.839. The first-order valence-corrected chi connectivity index (χ1v) is 9.18. The van der Waals surface area contributed by atoms with Gasteiger partial charge in [-0.2, -0.15) is 0 Å². The fourth-order valence-electron chi connectivity index (χ4n) is 6.25. The highest BCUT2D eigenvalue weighted by Crippen LogP contribution is 2.61. The van der Waals surface area contributed by atoms with E-state index in [1.54, 1.807) is 0 Å². The van der Waals surface area contributed by atoms with Crippen molar-refractivity contribution in [2.75, 3.05) is 6.54 Å². The molecule has 0 radical (unpaired) electrons. The fourth-order valence-corrected chi connectivity index (χ4v) is 6.25. The molecule has 4 saturated carbocycles. The highest BCUT2D eigenvalue weighted by molar-refractivity contribution is 5.82. The zero-order valence-electron chi connectivity index (χ0n) is 13.4. The molecule has 21 heavy (non-hydrogen) atoms. The van der Waals surface area contributed by atoms with Gasteiger partial charge in [0.05, 0.1) is 6.04 Å². The van der Waals surface area contributed by atoms with Gasteiger partial charge in [0.2, 0.25) is 5.91 Å². The molecule has 1 aliphatic heterocycles. The molecule has 0 aromatic rings. The first-order valence-electron chi connectivity index (χ1n) is 9.18. The Bertz CT molecular complexity index is 378. The van der Waals surface area contributed by atoms with E-state index in [9.17, 15) is 4.79 Å². The van der Waals surface area contributed by atoms with E-state index in [1.165, 1.54) is 51.4 Å². The van der Waals surface area contributed by atoms with Gasteiger partial charge in [-0.1, -0.05) is 6.42 Å². The molecule has 5 fully saturated rings. The summed E-state index contributed by atoms with van der Waals surface area (Å²) in [6.07, 6.45) is 12.0. The molecule has 0 spiro atoms. The predicted molar refractivity (Wildman–Crippen MR) is 83.9 cm³/mol. The first-order chi connectivity index (χ1) is 10.1. The molecule has 0 unspecified atom stereocenters. The number of carbonyl (C=O) groups excluding carboxylic acids is 1. The molecular weight excluding hydrogens is 260 g/mol. The van der Waals surface area contributed by atoms with Crippen LogP contribution in [0.5, 0.6) is 0 Å². The Hall–Kier alpha value is -0.570. The number of carbonyl (C=O) groups is 1. The molecule has 1 amide bonds. The predicted octanol–water partition coefficient (Wildman–Crippen LogP) is 2.85. The van der Waals surface area contributed by atoms with Crippen molar-refractivity contribution in [2.24, 2.45) is 23.2 Å². The lowest BCUT2D eigenvalue weighted by atomic mass is 9.48. The Morgan fingerprint density at radius 1 is 1.10 bits per heavy atom. The van der Waals surface area contributed by atoms with Gasteiger partial charge in [0.15, 0.2) is 0 Å². The number of hydrogen-bond acceptors (Lipinski definition) is 2. The molecule has 3 nitrogen and oxygen atoms in total. The van der Waals surface area contributed by atoms with Gasteiger partial charge in [0, 0.05) is 6.04 Å². The summed E-state index contributed by atoms with van der Waals surface area (Å²) in [7, 11) is 0. The van der Waals surface area contributed by atoms with Gasteiger partial charge in [-0.15, -0.1) is 0 Å². The minimum Gasteiger partial charge on any atom is -0.352 e. The molecule has 5 aliphatic rings. The van der Waals surface area contributed by atoms with Crippen molar-refractivity contribution >= 4 is 5.91 Å². The summed E-state index contributed by atoms with van der Waals surface area (Å²) >= 11 is 0. The minimum atomic E-state index is 0.0649. The molecule has 4 bridgehead atoms. The van der Waals surface area contributed by atoms with Crippen LogP contribution >= 0.6 is 0 Å². The molecule has 2 atom stereocenters. The molecule has 2 N–H and O–H groups in total. The van der Waals surface area contributed by atoms with Gasteiger partial charge in [-0.05, 0) is 88.0 Å². The summed E-state index contributed by atoms with van der Waals surface area (Å²) in [6, 6.07) is 0.428. The zero-order valence-corrected chi connectivity index (χ0v) is 13.4. The van der Waals surface area contributed by atoms with Gasteiger partial charge in [0.25, 0.3) is 0 Å². The van der Waals surface area contributed by atoms with Gasteiger partial charge in [-0.25, -0.2) is 0 Å². The molecule has 1 heterocycles. The van der Waals surface area contributed by atoms with Crippen molar-refractivity contribution in [1.82, 2.24) is 10.6 Å². The maximum Gasteiger partial charge on any atom is 0.237 e. The van der Waals surface area contributed by atoms with Crippen molar-refractivity contribution in [3.8, 4) is 0 Å². The zero-order chi connectivity index (χ0) is 14.4. The van der Waals surface area contributed by atoms with Crippen LogP contribution in [-0.2, 0) is 4.79 Å². The molecule has 5 rings (SSSR count). The van der Waals surface area contributed by atoms with Crippen LogP contribution in [0.1, 0.15) is 64.7 Å². The van der Waals surface area contributed by atoms with Gasteiger partial charge < -0.3 is 10.6 Å². The third-order valence-electron chi connectivity index (χ3n) is 6.99. The van der Waals surface area contributed by atoms with Crippen LogP contribution in [0.4, 0.5) is 0 Å². The lowest BCUT2D eigenvalue weighted by molar-refractivity contribution is -0.128. The molecule has 0 aromatic carbocycles. The van der Waals surface area contributed by atoms with Crippen molar-refractivity contribution in [1.29, 1.82) is 0 Å². The van der Waals surface area contributed by atoms with Crippen LogP contribution in [0.15, 0.2) is 0 Å². The van der Waals surface area contributed by atoms with Gasteiger partial charge in [0.1, 0.15) is 0 Å². The number of hydrogen-bond donors (Lipinski definition) is 2. The summed E-state index contributed by atoms with van der Waals surface area (Å²) < 4.78 is 0. The van der Waals surface area contributed by atoms with Crippen LogP contribution in [0.3, 0.4) is 0 Å². The minimum absolute atomic E-state index is 0.0649. The van der Waals surface area contributed by atoms with E-state index in [4.69, 9.17) is 0 Å². The third kappa shape index (κ3) is 2.52. The van der Waals surface area contributed by atoms with Crippen LogP contribution in [0.2, 0.25) is 0 Å². The normalized spacial score (nSPS) is 46.3. The van der Waals surface area contributed by atoms with E-state index < -0.39 is 0 Å². The van der Waals surface area contributed by atoms with Crippen LogP contribution < -0.4 is 10.6 Å². The van der Waals surface area contributed by atoms with E-state index in [0.717, 1.165) is 30.7 Å². The van der Waals surface area contributed by atoms with Crippen LogP contribution in [0, 0.1) is 23.2 Å². The SMILES string of the molecule is C[C@H](NC(=O)[C@@H]1CCCCN1)C12CC3CC(CC(C3)C1)C2. The average molecular weight is 290 g/mol. The van der Waals surface area contributed by atoms with E-state index >= 15 is 0 Å². The number of rotatable bonds is 3. The summed E-state index contributed by atoms with van der Waals surface area (Å²) in [5.41, 5.74) is 0.430. The fraction of sp³-hybridized carbons (Fsp3) is 0.944. The van der Waals surface area contributed by atoms with Crippen molar-refractivity contribution in [3.05, 3.63) is 0 Å². The Morgan fingerprint density at radius 3 is 2.24 bits per heavy atom. The number of piperidine rings is 1. The second-order valence-corrected chi connectivity index (χ2v) is 8.51. The first kappa shape index (κ1) is 14.0. The standard InChI is InChI=1S/C18H30N2O/c1-12(20-17(21)16-4-2-3-5-19-16)18-9-13-6-14(10-18)8-15(7-13)11-18/h12-16,19H,2-11H2,1H3,(H,20,21)/t12-,13?,14?,15?,16-,18?/m0/s1. The summed E-state index contributed by atoms with van der Waals surface area (Å²) in [5, 5.41) is 6.79. The van der Waals surface area contributed by atoms with E-state index in [2.05, 4.69) is 17.6 Å². The molecule has 4 aliphatic carbocycles. The maximum absolute atomic E-state index is 12.5. The smallest absolute Gasteiger partial charge is 0.237 e. The van der Waals surface area contributed by atoms with Crippen molar-refractivity contribution in [2.45, 2.75) is 76.8 Å². The van der Waals surface area contributed by atoms with Gasteiger partial charge in [-0.3, -0.25) is 4.79 Å². The Labute approximate surface area is 128 Å². The lowest BCUT2D eigenvalue weighted by Gasteiger charge is -2.59. The Kier molecular flexibility index (Phi) is 3.52. The van der Waals surface area contributed by atoms with E-state index in [-0.39, 0.29) is 11.9 Å². The highest BCUT2D eigenvalue weighted by atomic mass is 16.2. The van der Waals surface area contributed by atoms with Crippen LogP contribution in [0.25, 0.3) is 0 Å². The summed E-state index contributed by atoms with van der Waals surface area (Å²) in [4.78, 5) is 12.5. The number of amides is 1. The largest absolute Gasteiger partial charge is 0.352 e. The Balaban J connectivity index is 1.42. The molecule has 0 aromatic heterocycles. The molecule has 3 heteroatoms. The number of nitrogens with one attached hydrogen (secondary N) is 2. The topological polar surface area (TPSA) is 41.1 Å². The molecule has 118 valence electrons. The third-order valence-corrected chi connectivity index (χ3v) is 6.99. The van der Waals surface area contributed by atoms with E-state index in [0.29, 0.717) is 11.5 Å². The molecule has 1 saturated heterocycles. The lowest BCUT2D eigenvalue weighted by Crippen LogP contribution is -2.58. The van der Waals surface area contributed by atoms with E-state index in [1.807, 2.05) is 0 Å². The van der Waals surface area contributed by atoms with Crippen molar-refractivity contribution < 1.29 is 4.79 Å². The van der Waals surface area contributed by atoms with Crippen LogP contribution in [-0.4, -0.2) is 24.5 Å². The Morgan fingerprint density at radius 2 is 1.71 bits per heavy atom. The second-order valence-electron chi connectivity index (χ2n) is 8.51. The summed E-state index contributed by atoms with van der Waals surface area (Å²) in [6.45, 7) is 3.29. The average Bonchev–Trinajstić information content (AvgIpc) is 2.46. The monoisotopic (exact) mass is 290 g/mol. The molecular formula is C18H30N2O. The summed E-state index contributed by atoms with van der Waals surface area (Å²) in [5.74, 6) is 3.15. The van der Waals surface area contributed by atoms with Crippen molar-refractivity contribution in [3.63, 3.8) is 0 Å². The highest BCUT2D eigenvalue weighted by Gasteiger charge is 2.53. The van der Waals surface area contributed by atoms with Gasteiger partial charge >= 0.3 is 0 Å². The maximum atomic E-state index is 12.5.